The zero-order valence-corrected chi connectivity index (χ0v) is 17.3. The molecule has 4 aromatic rings. The van der Waals surface area contributed by atoms with Crippen molar-refractivity contribution < 1.29 is 4.52 Å². The SMILES string of the molecule is Cc1cc(Cc2c(C)[nH]c3c(N4CCCCC4)c(-c4ccccc4)nn3c2=O)no1. The Labute approximate surface area is 174 Å². The van der Waals surface area contributed by atoms with E-state index in [1.54, 1.807) is 0 Å². The van der Waals surface area contributed by atoms with Gasteiger partial charge in [-0.1, -0.05) is 35.5 Å². The van der Waals surface area contributed by atoms with Crippen molar-refractivity contribution in [3.05, 3.63) is 69.5 Å². The fourth-order valence-electron chi connectivity index (χ4n) is 4.31. The number of anilines is 1. The van der Waals surface area contributed by atoms with Crippen LogP contribution in [-0.4, -0.2) is 32.8 Å². The maximum absolute atomic E-state index is 13.4. The van der Waals surface area contributed by atoms with Gasteiger partial charge in [-0.25, -0.2) is 0 Å². The molecule has 1 fully saturated rings. The van der Waals surface area contributed by atoms with Crippen molar-refractivity contribution in [1.29, 1.82) is 0 Å². The molecule has 1 aliphatic rings. The molecule has 1 aliphatic heterocycles. The van der Waals surface area contributed by atoms with Gasteiger partial charge in [0.2, 0.25) is 0 Å². The third-order valence-electron chi connectivity index (χ3n) is 5.82. The minimum absolute atomic E-state index is 0.109. The van der Waals surface area contributed by atoms with Crippen LogP contribution in [-0.2, 0) is 6.42 Å². The fraction of sp³-hybridized carbons (Fsp3) is 0.348. The Morgan fingerprint density at radius 3 is 2.57 bits per heavy atom. The molecule has 7 heteroatoms. The van der Waals surface area contributed by atoms with Gasteiger partial charge in [0.15, 0.2) is 5.65 Å². The summed E-state index contributed by atoms with van der Waals surface area (Å²) in [5, 5.41) is 8.85. The molecule has 1 N–H and O–H groups in total. The van der Waals surface area contributed by atoms with Crippen molar-refractivity contribution in [2.24, 2.45) is 0 Å². The molecule has 4 heterocycles. The second-order valence-electron chi connectivity index (χ2n) is 8.01. The highest BCUT2D eigenvalue weighted by atomic mass is 16.5. The molecule has 0 amide bonds. The molecule has 0 unspecified atom stereocenters. The average molecular weight is 403 g/mol. The number of H-pyrrole nitrogens is 1. The first-order valence-electron chi connectivity index (χ1n) is 10.5. The lowest BCUT2D eigenvalue weighted by molar-refractivity contribution is 0.391. The van der Waals surface area contributed by atoms with Crippen molar-refractivity contribution in [2.75, 3.05) is 18.0 Å². The molecule has 0 aliphatic carbocycles. The van der Waals surface area contributed by atoms with E-state index in [0.29, 0.717) is 12.0 Å². The Morgan fingerprint density at radius 1 is 1.10 bits per heavy atom. The summed E-state index contributed by atoms with van der Waals surface area (Å²) in [4.78, 5) is 19.3. The van der Waals surface area contributed by atoms with Crippen LogP contribution in [0.15, 0.2) is 45.7 Å². The number of piperidine rings is 1. The summed E-state index contributed by atoms with van der Waals surface area (Å²) < 4.78 is 6.70. The topological polar surface area (TPSA) is 79.4 Å². The van der Waals surface area contributed by atoms with E-state index in [0.717, 1.165) is 65.7 Å². The first-order valence-corrected chi connectivity index (χ1v) is 10.5. The molecule has 1 aromatic carbocycles. The number of nitrogens with zero attached hydrogens (tertiary/aromatic N) is 4. The van der Waals surface area contributed by atoms with Crippen LogP contribution in [0.5, 0.6) is 0 Å². The van der Waals surface area contributed by atoms with E-state index < -0.39 is 0 Å². The summed E-state index contributed by atoms with van der Waals surface area (Å²) in [6.45, 7) is 5.74. The monoisotopic (exact) mass is 403 g/mol. The average Bonchev–Trinajstić information content (AvgIpc) is 3.36. The molecule has 0 spiro atoms. The third kappa shape index (κ3) is 3.20. The molecule has 1 saturated heterocycles. The molecule has 0 saturated carbocycles. The Bertz CT molecular complexity index is 1250. The van der Waals surface area contributed by atoms with Gasteiger partial charge in [-0.3, -0.25) is 4.79 Å². The Morgan fingerprint density at radius 2 is 1.87 bits per heavy atom. The van der Waals surface area contributed by atoms with Crippen LogP contribution in [0.4, 0.5) is 5.69 Å². The molecule has 3 aromatic heterocycles. The quantitative estimate of drug-likeness (QED) is 0.559. The van der Waals surface area contributed by atoms with E-state index in [2.05, 4.69) is 15.0 Å². The predicted molar refractivity (Wildman–Crippen MR) is 116 cm³/mol. The van der Waals surface area contributed by atoms with Gasteiger partial charge in [-0.15, -0.1) is 0 Å². The maximum Gasteiger partial charge on any atom is 0.278 e. The van der Waals surface area contributed by atoms with Crippen LogP contribution < -0.4 is 10.5 Å². The Kier molecular flexibility index (Phi) is 4.65. The van der Waals surface area contributed by atoms with E-state index in [-0.39, 0.29) is 5.56 Å². The number of aryl methyl sites for hydroxylation is 2. The number of nitrogens with one attached hydrogen (secondary N) is 1. The van der Waals surface area contributed by atoms with Crippen LogP contribution in [0.25, 0.3) is 16.9 Å². The lowest BCUT2D eigenvalue weighted by Gasteiger charge is -2.28. The van der Waals surface area contributed by atoms with E-state index in [9.17, 15) is 4.79 Å². The summed E-state index contributed by atoms with van der Waals surface area (Å²) in [7, 11) is 0. The zero-order chi connectivity index (χ0) is 20.7. The minimum atomic E-state index is -0.109. The van der Waals surface area contributed by atoms with Crippen molar-refractivity contribution in [3.63, 3.8) is 0 Å². The largest absolute Gasteiger partial charge is 0.367 e. The second-order valence-corrected chi connectivity index (χ2v) is 8.01. The fourth-order valence-corrected chi connectivity index (χ4v) is 4.31. The molecular formula is C23H25N5O2. The second kappa shape index (κ2) is 7.48. The molecule has 0 bridgehead atoms. The Hall–Kier alpha value is -3.35. The van der Waals surface area contributed by atoms with Gasteiger partial charge in [0, 0.05) is 42.4 Å². The van der Waals surface area contributed by atoms with Crippen LogP contribution >= 0.6 is 0 Å². The van der Waals surface area contributed by atoms with Gasteiger partial charge in [-0.2, -0.15) is 9.61 Å². The number of fused-ring (bicyclic) bond motifs is 1. The molecule has 5 rings (SSSR count). The third-order valence-corrected chi connectivity index (χ3v) is 5.82. The molecule has 7 nitrogen and oxygen atoms in total. The maximum atomic E-state index is 13.4. The standard InChI is InChI=1S/C23H25N5O2/c1-15-13-18(26-30-15)14-19-16(2)24-22-21(27-11-7-4-8-12-27)20(25-28(22)23(19)29)17-9-5-3-6-10-17/h3,5-6,9-10,13,24H,4,7-8,11-12,14H2,1-2H3. The number of aromatic nitrogens is 4. The van der Waals surface area contributed by atoms with Crippen molar-refractivity contribution in [2.45, 2.75) is 39.5 Å². The van der Waals surface area contributed by atoms with Gasteiger partial charge in [0.1, 0.15) is 17.1 Å². The summed E-state index contributed by atoms with van der Waals surface area (Å²) in [6, 6.07) is 12.0. The van der Waals surface area contributed by atoms with E-state index in [1.807, 2.05) is 50.2 Å². The first kappa shape index (κ1) is 18.7. The molecular weight excluding hydrogens is 378 g/mol. The molecule has 154 valence electrons. The van der Waals surface area contributed by atoms with Crippen LogP contribution in [0.1, 0.15) is 42.0 Å². The van der Waals surface area contributed by atoms with Gasteiger partial charge in [-0.05, 0) is 33.1 Å². The van der Waals surface area contributed by atoms with Crippen LogP contribution in [0.2, 0.25) is 0 Å². The van der Waals surface area contributed by atoms with E-state index in [1.165, 1.54) is 10.9 Å². The number of rotatable bonds is 4. The summed E-state index contributed by atoms with van der Waals surface area (Å²) in [6.07, 6.45) is 3.96. The van der Waals surface area contributed by atoms with E-state index >= 15 is 0 Å². The number of hydrogen-bond donors (Lipinski definition) is 1. The number of benzene rings is 1. The first-order chi connectivity index (χ1) is 14.6. The summed E-state index contributed by atoms with van der Waals surface area (Å²) in [5.41, 5.74) is 5.77. The highest BCUT2D eigenvalue weighted by Gasteiger charge is 2.25. The van der Waals surface area contributed by atoms with Gasteiger partial charge in [0.05, 0.1) is 5.69 Å². The summed E-state index contributed by atoms with van der Waals surface area (Å²) >= 11 is 0. The highest BCUT2D eigenvalue weighted by molar-refractivity contribution is 5.86. The van der Waals surface area contributed by atoms with Gasteiger partial charge >= 0.3 is 0 Å². The zero-order valence-electron chi connectivity index (χ0n) is 17.3. The Balaban J connectivity index is 1.71. The summed E-state index contributed by atoms with van der Waals surface area (Å²) in [5.74, 6) is 0.734. The lowest BCUT2D eigenvalue weighted by atomic mass is 10.1. The lowest BCUT2D eigenvalue weighted by Crippen LogP contribution is -2.30. The van der Waals surface area contributed by atoms with Gasteiger partial charge in [0.25, 0.3) is 5.56 Å². The smallest absolute Gasteiger partial charge is 0.278 e. The minimum Gasteiger partial charge on any atom is -0.367 e. The van der Waals surface area contributed by atoms with Crippen LogP contribution in [0, 0.1) is 13.8 Å². The molecule has 30 heavy (non-hydrogen) atoms. The highest BCUT2D eigenvalue weighted by Crippen LogP contribution is 2.34. The number of aromatic amines is 1. The molecule has 0 atom stereocenters. The van der Waals surface area contributed by atoms with Crippen molar-refractivity contribution >= 4 is 11.3 Å². The normalized spacial score (nSPS) is 14.5. The van der Waals surface area contributed by atoms with Crippen molar-refractivity contribution in [3.8, 4) is 11.3 Å². The van der Waals surface area contributed by atoms with Crippen LogP contribution in [0.3, 0.4) is 0 Å². The van der Waals surface area contributed by atoms with Crippen molar-refractivity contribution in [1.82, 2.24) is 19.8 Å². The predicted octanol–water partition coefficient (Wildman–Crippen LogP) is 3.88. The molecule has 0 radical (unpaired) electrons. The number of hydrogen-bond acceptors (Lipinski definition) is 5. The van der Waals surface area contributed by atoms with E-state index in [4.69, 9.17) is 9.62 Å². The van der Waals surface area contributed by atoms with Gasteiger partial charge < -0.3 is 14.4 Å².